The first-order chi connectivity index (χ1) is 10.5. The summed E-state index contributed by atoms with van der Waals surface area (Å²) < 4.78 is 0. The smallest absolute Gasteiger partial charge is 0.244 e. The number of nitrogens with two attached hydrogens (primary N) is 1. The first-order valence-corrected chi connectivity index (χ1v) is 8.55. The molecule has 5 nitrogen and oxygen atoms in total. The Morgan fingerprint density at radius 1 is 1.48 bits per heavy atom. The lowest BCUT2D eigenvalue weighted by molar-refractivity contribution is -0.133. The molecular formula is C16H25ClN4OS. The maximum atomic E-state index is 12.8. The number of rotatable bonds is 7. The Balaban J connectivity index is 0.00000264. The summed E-state index contributed by atoms with van der Waals surface area (Å²) in [6.07, 6.45) is 2.03. The van der Waals surface area contributed by atoms with Gasteiger partial charge in [-0.1, -0.05) is 13.3 Å². The summed E-state index contributed by atoms with van der Waals surface area (Å²) in [6.45, 7) is 7.25. The van der Waals surface area contributed by atoms with E-state index in [0.29, 0.717) is 6.54 Å². The van der Waals surface area contributed by atoms with Gasteiger partial charge in [0.25, 0.3) is 0 Å². The summed E-state index contributed by atoms with van der Waals surface area (Å²) >= 11 is 1.64. The first kappa shape index (κ1) is 19.7. The fraction of sp³-hybridized carbons (Fsp3) is 0.500. The number of hydrogen-bond acceptors (Lipinski definition) is 4. The molecule has 0 aliphatic rings. The van der Waals surface area contributed by atoms with Crippen LogP contribution in [-0.4, -0.2) is 27.5 Å². The molecular weight excluding hydrogens is 332 g/mol. The van der Waals surface area contributed by atoms with Gasteiger partial charge in [-0.15, -0.1) is 12.4 Å². The number of thiophene rings is 1. The number of nitrogens with zero attached hydrogens (tertiary/aromatic N) is 2. The van der Waals surface area contributed by atoms with E-state index in [4.69, 9.17) is 5.73 Å². The number of hydrogen-bond donors (Lipinski definition) is 2. The van der Waals surface area contributed by atoms with Crippen molar-refractivity contribution in [3.05, 3.63) is 39.3 Å². The predicted molar refractivity (Wildman–Crippen MR) is 96.9 cm³/mol. The number of aromatic amines is 1. The Bertz CT molecular complexity index is 592. The molecule has 1 amide bonds. The van der Waals surface area contributed by atoms with Crippen LogP contribution in [0.5, 0.6) is 0 Å². The lowest BCUT2D eigenvalue weighted by Crippen LogP contribution is -2.39. The highest BCUT2D eigenvalue weighted by Crippen LogP contribution is 2.21. The summed E-state index contributed by atoms with van der Waals surface area (Å²) in [4.78, 5) is 14.7. The molecule has 0 aliphatic heterocycles. The molecule has 0 saturated heterocycles. The van der Waals surface area contributed by atoms with Crippen LogP contribution in [-0.2, 0) is 11.3 Å². The van der Waals surface area contributed by atoms with Gasteiger partial charge in [0.1, 0.15) is 6.04 Å². The Hall–Kier alpha value is -1.37. The molecule has 0 spiro atoms. The summed E-state index contributed by atoms with van der Waals surface area (Å²) in [7, 11) is 0. The quantitative estimate of drug-likeness (QED) is 0.798. The van der Waals surface area contributed by atoms with Crippen LogP contribution >= 0.6 is 23.7 Å². The average molecular weight is 357 g/mol. The summed E-state index contributed by atoms with van der Waals surface area (Å²) in [5.74, 6) is -0.0350. The Kier molecular flexibility index (Phi) is 7.75. The molecule has 1 unspecified atom stereocenters. The van der Waals surface area contributed by atoms with E-state index in [1.807, 2.05) is 24.1 Å². The summed E-state index contributed by atoms with van der Waals surface area (Å²) in [5, 5.41) is 11.1. The van der Waals surface area contributed by atoms with E-state index in [1.54, 1.807) is 11.3 Å². The second-order valence-corrected chi connectivity index (χ2v) is 6.35. The Labute approximate surface area is 147 Å². The summed E-state index contributed by atoms with van der Waals surface area (Å²) in [6, 6.07) is 1.39. The molecule has 128 valence electrons. The molecule has 1 atom stereocenters. The maximum Gasteiger partial charge on any atom is 0.244 e. The monoisotopic (exact) mass is 356 g/mol. The van der Waals surface area contributed by atoms with Gasteiger partial charge >= 0.3 is 0 Å². The van der Waals surface area contributed by atoms with Crippen LogP contribution in [0.1, 0.15) is 48.3 Å². The minimum absolute atomic E-state index is 0. The molecule has 2 rings (SSSR count). The van der Waals surface area contributed by atoms with Crippen LogP contribution < -0.4 is 5.73 Å². The first-order valence-electron chi connectivity index (χ1n) is 7.61. The number of unbranched alkanes of at least 4 members (excludes halogenated alkanes) is 1. The number of aromatic nitrogens is 2. The van der Waals surface area contributed by atoms with Crippen LogP contribution in [0.4, 0.5) is 0 Å². The number of nitrogens with one attached hydrogen (secondary N) is 1. The predicted octanol–water partition coefficient (Wildman–Crippen LogP) is 3.34. The van der Waals surface area contributed by atoms with Gasteiger partial charge in [0.15, 0.2) is 0 Å². The minimum atomic E-state index is -0.658. The third kappa shape index (κ3) is 4.80. The third-order valence-corrected chi connectivity index (χ3v) is 4.54. The fourth-order valence-corrected chi connectivity index (χ4v) is 3.22. The molecule has 2 aromatic heterocycles. The van der Waals surface area contributed by atoms with Crippen LogP contribution in [0.3, 0.4) is 0 Å². The largest absolute Gasteiger partial charge is 0.337 e. The second-order valence-electron chi connectivity index (χ2n) is 5.57. The van der Waals surface area contributed by atoms with Crippen molar-refractivity contribution in [1.29, 1.82) is 0 Å². The maximum absolute atomic E-state index is 12.8. The van der Waals surface area contributed by atoms with Crippen molar-refractivity contribution in [2.45, 2.75) is 46.2 Å². The highest BCUT2D eigenvalue weighted by molar-refractivity contribution is 7.07. The number of halogens is 1. The van der Waals surface area contributed by atoms with Crippen molar-refractivity contribution in [2.75, 3.05) is 6.54 Å². The van der Waals surface area contributed by atoms with Gasteiger partial charge in [-0.2, -0.15) is 16.4 Å². The van der Waals surface area contributed by atoms with Gasteiger partial charge in [-0.05, 0) is 42.7 Å². The normalized spacial score (nSPS) is 11.8. The molecule has 7 heteroatoms. The number of amides is 1. The molecule has 0 bridgehead atoms. The van der Waals surface area contributed by atoms with E-state index in [1.165, 1.54) is 0 Å². The van der Waals surface area contributed by atoms with Gasteiger partial charge in [0, 0.05) is 24.3 Å². The van der Waals surface area contributed by atoms with Crippen LogP contribution in [0.15, 0.2) is 16.8 Å². The Morgan fingerprint density at radius 2 is 2.22 bits per heavy atom. The molecule has 0 aromatic carbocycles. The topological polar surface area (TPSA) is 75.0 Å². The SMILES string of the molecule is CCCCN(Cc1ccsc1)C(=O)C(N)c1c(C)n[nH]c1C.Cl. The zero-order valence-electron chi connectivity index (χ0n) is 13.8. The molecule has 2 aromatic rings. The van der Waals surface area contributed by atoms with Gasteiger partial charge in [-0.3, -0.25) is 9.89 Å². The van der Waals surface area contributed by atoms with E-state index >= 15 is 0 Å². The summed E-state index contributed by atoms with van der Waals surface area (Å²) in [5.41, 5.74) is 9.87. The van der Waals surface area contributed by atoms with Crippen LogP contribution in [0, 0.1) is 13.8 Å². The molecule has 0 saturated carbocycles. The van der Waals surface area contributed by atoms with Gasteiger partial charge < -0.3 is 10.6 Å². The lowest BCUT2D eigenvalue weighted by Gasteiger charge is -2.25. The highest BCUT2D eigenvalue weighted by atomic mass is 35.5. The zero-order valence-corrected chi connectivity index (χ0v) is 15.5. The van der Waals surface area contributed by atoms with E-state index in [2.05, 4.69) is 28.6 Å². The van der Waals surface area contributed by atoms with E-state index < -0.39 is 6.04 Å². The second kappa shape index (κ2) is 9.05. The van der Waals surface area contributed by atoms with Gasteiger partial charge in [0.2, 0.25) is 5.91 Å². The molecule has 0 radical (unpaired) electrons. The van der Waals surface area contributed by atoms with Crippen LogP contribution in [0.2, 0.25) is 0 Å². The molecule has 23 heavy (non-hydrogen) atoms. The standard InChI is InChI=1S/C16H24N4OS.ClH/c1-4-5-7-20(9-13-6-8-22-10-13)16(21)15(17)14-11(2)18-19-12(14)3;/h6,8,10,15H,4-5,7,9,17H2,1-3H3,(H,18,19);1H. The van der Waals surface area contributed by atoms with Crippen molar-refractivity contribution < 1.29 is 4.79 Å². The van der Waals surface area contributed by atoms with Crippen LogP contribution in [0.25, 0.3) is 0 Å². The number of H-pyrrole nitrogens is 1. The van der Waals surface area contributed by atoms with Crippen molar-refractivity contribution in [2.24, 2.45) is 5.73 Å². The van der Waals surface area contributed by atoms with Crippen molar-refractivity contribution in [3.8, 4) is 0 Å². The van der Waals surface area contributed by atoms with E-state index in [-0.39, 0.29) is 18.3 Å². The van der Waals surface area contributed by atoms with Gasteiger partial charge in [0.05, 0.1) is 5.69 Å². The van der Waals surface area contributed by atoms with Gasteiger partial charge in [-0.25, -0.2) is 0 Å². The third-order valence-electron chi connectivity index (χ3n) is 3.81. The van der Waals surface area contributed by atoms with E-state index in [0.717, 1.165) is 41.9 Å². The fourth-order valence-electron chi connectivity index (χ4n) is 2.56. The van der Waals surface area contributed by atoms with E-state index in [9.17, 15) is 4.79 Å². The number of aryl methyl sites for hydroxylation is 2. The highest BCUT2D eigenvalue weighted by Gasteiger charge is 2.26. The number of carbonyl (C=O) groups is 1. The minimum Gasteiger partial charge on any atom is -0.337 e. The van der Waals surface area contributed by atoms with Crippen molar-refractivity contribution in [3.63, 3.8) is 0 Å². The molecule has 0 fully saturated rings. The average Bonchev–Trinajstić information content (AvgIpc) is 3.12. The molecule has 0 aliphatic carbocycles. The van der Waals surface area contributed by atoms with Crippen molar-refractivity contribution in [1.82, 2.24) is 15.1 Å². The number of carbonyl (C=O) groups excluding carboxylic acids is 1. The van der Waals surface area contributed by atoms with Crippen molar-refractivity contribution >= 4 is 29.7 Å². The molecule has 3 N–H and O–H groups in total. The molecule has 2 heterocycles. The lowest BCUT2D eigenvalue weighted by atomic mass is 10.0. The zero-order chi connectivity index (χ0) is 16.1. The Morgan fingerprint density at radius 3 is 2.74 bits per heavy atom.